The van der Waals surface area contributed by atoms with Crippen LogP contribution in [0.25, 0.3) is 0 Å². The SMILES string of the molecule is C[C@@H]1CN(C(=O)C(=O)NCC[C@@](O)(c2nccn2C)C(F)(F)F)CCO1. The fourth-order valence-electron chi connectivity index (χ4n) is 2.72. The molecule has 2 atom stereocenters. The van der Waals surface area contributed by atoms with E-state index in [4.69, 9.17) is 4.74 Å². The van der Waals surface area contributed by atoms with Crippen molar-refractivity contribution in [1.29, 1.82) is 0 Å². The van der Waals surface area contributed by atoms with E-state index in [2.05, 4.69) is 10.3 Å². The number of carbonyl (C=O) groups is 2. The van der Waals surface area contributed by atoms with E-state index in [0.29, 0.717) is 0 Å². The van der Waals surface area contributed by atoms with Gasteiger partial charge in [-0.1, -0.05) is 0 Å². The van der Waals surface area contributed by atoms with Crippen LogP contribution < -0.4 is 5.32 Å². The Bertz CT molecular complexity index is 664. The lowest BCUT2D eigenvalue weighted by molar-refractivity contribution is -0.272. The second kappa shape index (κ2) is 7.62. The molecule has 0 aromatic carbocycles. The number of nitrogens with one attached hydrogen (secondary N) is 1. The quantitative estimate of drug-likeness (QED) is 0.715. The zero-order chi connectivity index (χ0) is 19.5. The highest BCUT2D eigenvalue weighted by Gasteiger charge is 2.57. The van der Waals surface area contributed by atoms with Crippen molar-refractivity contribution >= 4 is 11.8 Å². The number of rotatable bonds is 4. The summed E-state index contributed by atoms with van der Waals surface area (Å²) in [5.74, 6) is -2.45. The number of aliphatic hydroxyl groups is 1. The topological polar surface area (TPSA) is 96.7 Å². The van der Waals surface area contributed by atoms with E-state index in [1.807, 2.05) is 0 Å². The smallest absolute Gasteiger partial charge is 0.375 e. The molecule has 2 N–H and O–H groups in total. The number of halogens is 3. The number of hydrogen-bond donors (Lipinski definition) is 2. The number of ether oxygens (including phenoxy) is 1. The number of hydrogen-bond acceptors (Lipinski definition) is 5. The summed E-state index contributed by atoms with van der Waals surface area (Å²) < 4.78 is 46.4. The summed E-state index contributed by atoms with van der Waals surface area (Å²) in [7, 11) is 1.32. The van der Waals surface area contributed by atoms with Gasteiger partial charge in [0.15, 0.2) is 0 Å². The third-order valence-corrected chi connectivity index (χ3v) is 4.15. The first kappa shape index (κ1) is 20.2. The second-order valence-electron chi connectivity index (χ2n) is 6.16. The van der Waals surface area contributed by atoms with Crippen LogP contribution in [0.5, 0.6) is 0 Å². The van der Waals surface area contributed by atoms with E-state index in [0.717, 1.165) is 10.8 Å². The number of aryl methyl sites for hydroxylation is 1. The van der Waals surface area contributed by atoms with E-state index in [9.17, 15) is 27.9 Å². The Kier molecular flexibility index (Phi) is 5.91. The summed E-state index contributed by atoms with van der Waals surface area (Å²) >= 11 is 0. The molecule has 0 radical (unpaired) electrons. The van der Waals surface area contributed by atoms with Crippen LogP contribution in [0.1, 0.15) is 19.2 Å². The van der Waals surface area contributed by atoms with Crippen LogP contribution >= 0.6 is 0 Å². The zero-order valence-corrected chi connectivity index (χ0v) is 14.4. The number of nitrogens with zero attached hydrogens (tertiary/aromatic N) is 3. The lowest BCUT2D eigenvalue weighted by Gasteiger charge is -2.31. The Hall–Kier alpha value is -2.14. The molecular formula is C15H21F3N4O4. The zero-order valence-electron chi connectivity index (χ0n) is 14.4. The number of aromatic nitrogens is 2. The average Bonchev–Trinajstić information content (AvgIpc) is 2.99. The van der Waals surface area contributed by atoms with Gasteiger partial charge in [-0.2, -0.15) is 13.2 Å². The predicted molar refractivity (Wildman–Crippen MR) is 82.8 cm³/mol. The molecule has 2 amide bonds. The maximum atomic E-state index is 13.4. The van der Waals surface area contributed by atoms with E-state index in [1.165, 1.54) is 18.1 Å². The molecule has 0 unspecified atom stereocenters. The van der Waals surface area contributed by atoms with Crippen molar-refractivity contribution in [2.45, 2.75) is 31.2 Å². The Labute approximate surface area is 147 Å². The summed E-state index contributed by atoms with van der Waals surface area (Å²) in [4.78, 5) is 28.8. The molecule has 1 fully saturated rings. The van der Waals surface area contributed by atoms with E-state index in [1.54, 1.807) is 6.92 Å². The molecule has 11 heteroatoms. The Morgan fingerprint density at radius 2 is 2.15 bits per heavy atom. The molecule has 26 heavy (non-hydrogen) atoms. The molecule has 2 heterocycles. The molecule has 0 saturated carbocycles. The van der Waals surface area contributed by atoms with Gasteiger partial charge < -0.3 is 24.6 Å². The van der Waals surface area contributed by atoms with Gasteiger partial charge in [0.05, 0.1) is 12.7 Å². The lowest BCUT2D eigenvalue weighted by Crippen LogP contribution is -2.51. The molecule has 8 nitrogen and oxygen atoms in total. The second-order valence-corrected chi connectivity index (χ2v) is 6.16. The molecule has 1 aliphatic heterocycles. The summed E-state index contributed by atoms with van der Waals surface area (Å²) in [6.07, 6.45) is -3.69. The fourth-order valence-corrected chi connectivity index (χ4v) is 2.72. The fraction of sp³-hybridized carbons (Fsp3) is 0.667. The highest BCUT2D eigenvalue weighted by molar-refractivity contribution is 6.35. The Morgan fingerprint density at radius 1 is 1.46 bits per heavy atom. The van der Waals surface area contributed by atoms with Crippen LogP contribution in [-0.4, -0.2) is 69.9 Å². The van der Waals surface area contributed by atoms with Crippen molar-refractivity contribution in [2.75, 3.05) is 26.2 Å². The van der Waals surface area contributed by atoms with Crippen LogP contribution in [0.3, 0.4) is 0 Å². The molecule has 1 aromatic rings. The van der Waals surface area contributed by atoms with Crippen LogP contribution in [0.15, 0.2) is 12.4 Å². The Morgan fingerprint density at radius 3 is 2.69 bits per heavy atom. The van der Waals surface area contributed by atoms with Gasteiger partial charge in [0.2, 0.25) is 5.60 Å². The van der Waals surface area contributed by atoms with Gasteiger partial charge in [-0.05, 0) is 6.92 Å². The van der Waals surface area contributed by atoms with E-state index >= 15 is 0 Å². The molecule has 0 bridgehead atoms. The van der Waals surface area contributed by atoms with Gasteiger partial charge in [0.25, 0.3) is 0 Å². The van der Waals surface area contributed by atoms with Crippen molar-refractivity contribution in [3.05, 3.63) is 18.2 Å². The number of alkyl halides is 3. The van der Waals surface area contributed by atoms with Crippen LogP contribution in [0, 0.1) is 0 Å². The third kappa shape index (κ3) is 4.15. The average molecular weight is 378 g/mol. The van der Waals surface area contributed by atoms with Crippen LogP contribution in [0.4, 0.5) is 13.2 Å². The first-order valence-corrected chi connectivity index (χ1v) is 8.02. The number of amides is 2. The maximum absolute atomic E-state index is 13.4. The molecule has 1 aliphatic rings. The summed E-state index contributed by atoms with van der Waals surface area (Å²) in [5, 5.41) is 12.3. The van der Waals surface area contributed by atoms with Crippen molar-refractivity contribution in [3.63, 3.8) is 0 Å². The van der Waals surface area contributed by atoms with Crippen molar-refractivity contribution in [2.24, 2.45) is 7.05 Å². The van der Waals surface area contributed by atoms with E-state index < -0.39 is 42.4 Å². The third-order valence-electron chi connectivity index (χ3n) is 4.15. The van der Waals surface area contributed by atoms with Gasteiger partial charge >= 0.3 is 18.0 Å². The van der Waals surface area contributed by atoms with Crippen LogP contribution in [0.2, 0.25) is 0 Å². The Balaban J connectivity index is 1.98. The lowest BCUT2D eigenvalue weighted by atomic mass is 9.97. The van der Waals surface area contributed by atoms with Crippen molar-refractivity contribution < 1.29 is 32.6 Å². The van der Waals surface area contributed by atoms with Gasteiger partial charge in [-0.15, -0.1) is 0 Å². The largest absolute Gasteiger partial charge is 0.424 e. The van der Waals surface area contributed by atoms with Gasteiger partial charge in [0.1, 0.15) is 5.82 Å². The monoisotopic (exact) mass is 378 g/mol. The predicted octanol–water partition coefficient (Wildman–Crippen LogP) is -0.0764. The normalized spacial score (nSPS) is 20.5. The minimum Gasteiger partial charge on any atom is -0.375 e. The number of carbonyl (C=O) groups excluding carboxylic acids is 2. The molecule has 2 rings (SSSR count). The molecule has 146 valence electrons. The highest BCUT2D eigenvalue weighted by Crippen LogP contribution is 2.40. The first-order valence-electron chi connectivity index (χ1n) is 8.02. The summed E-state index contributed by atoms with van der Waals surface area (Å²) in [6.45, 7) is 1.94. The summed E-state index contributed by atoms with van der Waals surface area (Å²) in [5.41, 5.74) is -3.24. The molecule has 0 aliphatic carbocycles. The number of imidazole rings is 1. The van der Waals surface area contributed by atoms with Crippen LogP contribution in [-0.2, 0) is 27.0 Å². The van der Waals surface area contributed by atoms with E-state index in [-0.39, 0.29) is 25.8 Å². The molecule has 1 saturated heterocycles. The minimum atomic E-state index is -5.00. The molecular weight excluding hydrogens is 357 g/mol. The molecule has 0 spiro atoms. The summed E-state index contributed by atoms with van der Waals surface area (Å²) in [6, 6.07) is 0. The number of morpholine rings is 1. The van der Waals surface area contributed by atoms with Crippen molar-refractivity contribution in [3.8, 4) is 0 Å². The van der Waals surface area contributed by atoms with Gasteiger partial charge in [-0.3, -0.25) is 9.59 Å². The van der Waals surface area contributed by atoms with Gasteiger partial charge in [0, 0.05) is 45.5 Å². The maximum Gasteiger partial charge on any atom is 0.424 e. The van der Waals surface area contributed by atoms with Crippen molar-refractivity contribution in [1.82, 2.24) is 19.8 Å². The highest BCUT2D eigenvalue weighted by atomic mass is 19.4. The standard InChI is InChI=1S/C15H21F3N4O4/c1-10-9-22(7-8-26-10)12(24)11(23)19-4-3-14(25,15(16,17)18)13-20-5-6-21(13)2/h5-6,10,25H,3-4,7-9H2,1-2H3,(H,19,23)/t10-,14-/m1/s1. The first-order chi connectivity index (χ1) is 12.1. The molecule has 1 aromatic heterocycles. The minimum absolute atomic E-state index is 0.223. The van der Waals surface area contributed by atoms with Gasteiger partial charge in [-0.25, -0.2) is 4.98 Å².